The molecule has 1 heterocycles. The summed E-state index contributed by atoms with van der Waals surface area (Å²) in [5, 5.41) is 9.89. The second-order valence-corrected chi connectivity index (χ2v) is 16.3. The number of hydrogen-bond acceptors (Lipinski definition) is 1. The van der Waals surface area contributed by atoms with Crippen molar-refractivity contribution in [3.63, 3.8) is 0 Å². The van der Waals surface area contributed by atoms with Crippen molar-refractivity contribution >= 4 is 54.3 Å². The molecular weight excluding hydrogens is 701 g/mol. The van der Waals surface area contributed by atoms with Gasteiger partial charge in [0, 0.05) is 21.8 Å². The zero-order valence-corrected chi connectivity index (χ0v) is 32.4. The predicted molar refractivity (Wildman–Crippen MR) is 246 cm³/mol. The first-order valence-corrected chi connectivity index (χ1v) is 20.3. The van der Waals surface area contributed by atoms with Crippen molar-refractivity contribution in [3.8, 4) is 55.6 Å². The van der Waals surface area contributed by atoms with E-state index in [1.54, 1.807) is 0 Å². The van der Waals surface area contributed by atoms with Gasteiger partial charge in [-0.2, -0.15) is 0 Å². The van der Waals surface area contributed by atoms with Crippen LogP contribution in [-0.4, -0.2) is 0 Å². The van der Waals surface area contributed by atoms with Gasteiger partial charge in [-0.05, 0) is 112 Å². The van der Waals surface area contributed by atoms with Gasteiger partial charge in [0.1, 0.15) is 11.2 Å². The molecule has 1 aliphatic rings. The van der Waals surface area contributed by atoms with Crippen LogP contribution < -0.4 is 0 Å². The Kier molecular flexibility index (Phi) is 7.04. The molecule has 0 saturated carbocycles. The molecule has 0 bridgehead atoms. The van der Waals surface area contributed by atoms with Crippen LogP contribution in [0.3, 0.4) is 0 Å². The molecule has 0 spiro atoms. The fourth-order valence-electron chi connectivity index (χ4n) is 10.3. The van der Waals surface area contributed by atoms with E-state index in [-0.39, 0.29) is 5.41 Å². The molecule has 11 aromatic rings. The Morgan fingerprint density at radius 3 is 1.52 bits per heavy atom. The van der Waals surface area contributed by atoms with Crippen molar-refractivity contribution in [1.29, 1.82) is 0 Å². The van der Waals surface area contributed by atoms with Gasteiger partial charge in [0.25, 0.3) is 0 Å². The predicted octanol–water partition coefficient (Wildman–Crippen LogP) is 16.0. The summed E-state index contributed by atoms with van der Waals surface area (Å²) >= 11 is 0. The minimum atomic E-state index is -0.114. The molecule has 0 aliphatic heterocycles. The molecule has 1 nitrogen and oxygen atoms in total. The fraction of sp³-hybridized carbons (Fsp3) is 0.0526. The van der Waals surface area contributed by atoms with E-state index in [1.165, 1.54) is 88.0 Å². The lowest BCUT2D eigenvalue weighted by atomic mass is 9.80. The summed E-state index contributed by atoms with van der Waals surface area (Å²) in [5.41, 5.74) is 16.9. The number of para-hydroxylation sites is 2. The highest BCUT2D eigenvalue weighted by molar-refractivity contribution is 6.22. The molecule has 0 amide bonds. The van der Waals surface area contributed by atoms with Gasteiger partial charge < -0.3 is 4.42 Å². The zero-order chi connectivity index (χ0) is 38.5. The first-order chi connectivity index (χ1) is 28.5. The van der Waals surface area contributed by atoms with Crippen LogP contribution in [0.4, 0.5) is 0 Å². The Balaban J connectivity index is 1.05. The van der Waals surface area contributed by atoms with E-state index in [4.69, 9.17) is 4.42 Å². The Bertz CT molecular complexity index is 3430. The normalized spacial score (nSPS) is 13.1. The molecule has 0 N–H and O–H groups in total. The Hall–Kier alpha value is -7.22. The van der Waals surface area contributed by atoms with Crippen molar-refractivity contribution in [2.24, 2.45) is 0 Å². The molecule has 12 rings (SSSR count). The molecule has 10 aromatic carbocycles. The van der Waals surface area contributed by atoms with Gasteiger partial charge in [-0.1, -0.05) is 190 Å². The maximum atomic E-state index is 6.50. The minimum absolute atomic E-state index is 0.114. The molecule has 1 aliphatic carbocycles. The number of furan rings is 1. The summed E-state index contributed by atoms with van der Waals surface area (Å²) in [5.74, 6) is 0. The summed E-state index contributed by atoms with van der Waals surface area (Å²) in [6.45, 7) is 4.78. The van der Waals surface area contributed by atoms with Crippen LogP contribution in [0.15, 0.2) is 199 Å². The summed E-state index contributed by atoms with van der Waals surface area (Å²) in [4.78, 5) is 0. The molecule has 58 heavy (non-hydrogen) atoms. The standard InChI is InChI=1S/C57H38O/c1-57(2)50-29-14-26-40(54(50)49-32-31-35-15-3-4-20-41(35)55(49)57)36-16-11-18-38(33-36)52-44-22-5-7-24-46(44)53(47-25-8-6-23-45(47)52)39-19-12-17-37(34-39)42-27-13-28-48-43-21-9-10-30-51(43)58-56(42)48/h3-34H,1-2H3. The van der Waals surface area contributed by atoms with Gasteiger partial charge in [0.2, 0.25) is 0 Å². The first kappa shape index (κ1) is 33.0. The van der Waals surface area contributed by atoms with Crippen LogP contribution >= 0.6 is 0 Å². The lowest BCUT2D eigenvalue weighted by Gasteiger charge is -2.23. The molecule has 0 saturated heterocycles. The number of rotatable bonds is 4. The highest BCUT2D eigenvalue weighted by atomic mass is 16.3. The van der Waals surface area contributed by atoms with Crippen LogP contribution in [0.1, 0.15) is 25.0 Å². The Morgan fingerprint density at radius 2 is 0.845 bits per heavy atom. The third kappa shape index (κ3) is 4.71. The van der Waals surface area contributed by atoms with Crippen LogP contribution in [0.5, 0.6) is 0 Å². The van der Waals surface area contributed by atoms with Crippen molar-refractivity contribution in [1.82, 2.24) is 0 Å². The number of fused-ring (bicyclic) bond motifs is 10. The third-order valence-corrected chi connectivity index (χ3v) is 12.8. The fourth-order valence-corrected chi connectivity index (χ4v) is 10.3. The second kappa shape index (κ2) is 12.4. The van der Waals surface area contributed by atoms with E-state index < -0.39 is 0 Å². The average molecular weight is 739 g/mol. The topological polar surface area (TPSA) is 13.1 Å². The van der Waals surface area contributed by atoms with Gasteiger partial charge in [-0.25, -0.2) is 0 Å². The summed E-state index contributed by atoms with van der Waals surface area (Å²) in [6, 6.07) is 71.3. The average Bonchev–Trinajstić information content (AvgIpc) is 3.77. The van der Waals surface area contributed by atoms with Crippen molar-refractivity contribution < 1.29 is 4.42 Å². The lowest BCUT2D eigenvalue weighted by molar-refractivity contribution is 0.666. The number of hydrogen-bond donors (Lipinski definition) is 0. The molecular formula is C57H38O. The molecule has 0 fully saturated rings. The Labute approximate surface area is 337 Å². The van der Waals surface area contributed by atoms with Crippen LogP contribution in [0, 0.1) is 0 Å². The van der Waals surface area contributed by atoms with E-state index in [9.17, 15) is 0 Å². The maximum absolute atomic E-state index is 6.50. The van der Waals surface area contributed by atoms with Gasteiger partial charge in [0.15, 0.2) is 0 Å². The summed E-state index contributed by atoms with van der Waals surface area (Å²) in [6.07, 6.45) is 0. The van der Waals surface area contributed by atoms with Crippen molar-refractivity contribution in [2.45, 2.75) is 19.3 Å². The molecule has 0 radical (unpaired) electrons. The zero-order valence-electron chi connectivity index (χ0n) is 32.4. The highest BCUT2D eigenvalue weighted by Crippen LogP contribution is 2.55. The van der Waals surface area contributed by atoms with E-state index in [0.717, 1.165) is 33.1 Å². The van der Waals surface area contributed by atoms with E-state index in [1.807, 2.05) is 6.07 Å². The van der Waals surface area contributed by atoms with Crippen molar-refractivity contribution in [3.05, 3.63) is 205 Å². The van der Waals surface area contributed by atoms with Crippen LogP contribution in [0.2, 0.25) is 0 Å². The molecule has 1 heteroatoms. The first-order valence-electron chi connectivity index (χ1n) is 20.3. The van der Waals surface area contributed by atoms with Crippen molar-refractivity contribution in [2.75, 3.05) is 0 Å². The monoisotopic (exact) mass is 738 g/mol. The summed E-state index contributed by atoms with van der Waals surface area (Å²) < 4.78 is 6.50. The number of benzene rings is 10. The smallest absolute Gasteiger partial charge is 0.143 e. The van der Waals surface area contributed by atoms with Gasteiger partial charge in [0.05, 0.1) is 0 Å². The highest BCUT2D eigenvalue weighted by Gasteiger charge is 2.38. The van der Waals surface area contributed by atoms with Gasteiger partial charge in [-0.15, -0.1) is 0 Å². The quantitative estimate of drug-likeness (QED) is 0.164. The van der Waals surface area contributed by atoms with E-state index >= 15 is 0 Å². The molecule has 272 valence electrons. The minimum Gasteiger partial charge on any atom is -0.455 e. The van der Waals surface area contributed by atoms with Crippen LogP contribution in [-0.2, 0) is 5.41 Å². The molecule has 1 aromatic heterocycles. The SMILES string of the molecule is CC1(C)c2cccc(-c3cccc(-c4c5ccccc5c(-c5cccc(-c6cccc7c6oc6ccccc67)c5)c5ccccc45)c3)c2-c2ccc3ccccc3c21. The Morgan fingerprint density at radius 1 is 0.345 bits per heavy atom. The van der Waals surface area contributed by atoms with Gasteiger partial charge >= 0.3 is 0 Å². The second-order valence-electron chi connectivity index (χ2n) is 16.3. The van der Waals surface area contributed by atoms with Gasteiger partial charge in [-0.3, -0.25) is 0 Å². The largest absolute Gasteiger partial charge is 0.455 e. The summed E-state index contributed by atoms with van der Waals surface area (Å²) in [7, 11) is 0. The molecule has 0 atom stereocenters. The third-order valence-electron chi connectivity index (χ3n) is 12.8. The van der Waals surface area contributed by atoms with Crippen LogP contribution in [0.25, 0.3) is 110 Å². The van der Waals surface area contributed by atoms with E-state index in [0.29, 0.717) is 0 Å². The molecule has 0 unspecified atom stereocenters. The maximum Gasteiger partial charge on any atom is 0.143 e. The van der Waals surface area contributed by atoms with E-state index in [2.05, 4.69) is 202 Å². The lowest BCUT2D eigenvalue weighted by Crippen LogP contribution is -2.15.